The molecule has 2 N–H and O–H groups in total. The van der Waals surface area contributed by atoms with Gasteiger partial charge in [-0.15, -0.1) is 10.2 Å². The van der Waals surface area contributed by atoms with E-state index >= 15 is 0 Å². The molecule has 0 spiro atoms. The quantitative estimate of drug-likeness (QED) is 0.495. The second kappa shape index (κ2) is 9.86. The Morgan fingerprint density at radius 2 is 1.66 bits per heavy atom. The molecule has 9 heteroatoms. The van der Waals surface area contributed by atoms with Gasteiger partial charge in [-0.2, -0.15) is 13.2 Å². The van der Waals surface area contributed by atoms with E-state index in [1.54, 1.807) is 6.92 Å². The van der Waals surface area contributed by atoms with Crippen LogP contribution in [0.5, 0.6) is 0 Å². The molecule has 0 radical (unpaired) electrons. The van der Waals surface area contributed by atoms with Gasteiger partial charge in [-0.05, 0) is 24.5 Å². The van der Waals surface area contributed by atoms with Crippen LogP contribution >= 0.6 is 0 Å². The molecule has 1 aromatic heterocycles. The molecule has 0 aliphatic heterocycles. The Kier molecular flexibility index (Phi) is 7.19. The van der Waals surface area contributed by atoms with E-state index in [0.717, 1.165) is 17.3 Å². The summed E-state index contributed by atoms with van der Waals surface area (Å²) < 4.78 is 43.3. The third kappa shape index (κ3) is 6.34. The molecular weight excluding hydrogens is 421 g/mol. The number of rotatable bonds is 9. The Morgan fingerprint density at radius 1 is 1.06 bits per heavy atom. The van der Waals surface area contributed by atoms with E-state index in [0.29, 0.717) is 12.8 Å². The van der Waals surface area contributed by atoms with Gasteiger partial charge < -0.3 is 10.2 Å². The number of halogens is 3. The van der Waals surface area contributed by atoms with Gasteiger partial charge in [0.25, 0.3) is 0 Å². The third-order valence-electron chi connectivity index (χ3n) is 4.78. The van der Waals surface area contributed by atoms with Crippen molar-refractivity contribution in [3.05, 3.63) is 83.6 Å². The van der Waals surface area contributed by atoms with Crippen LogP contribution in [0.15, 0.2) is 70.1 Å². The fourth-order valence-electron chi connectivity index (χ4n) is 3.12. The minimum absolute atomic E-state index is 0.115. The van der Waals surface area contributed by atoms with Crippen LogP contribution in [0.3, 0.4) is 0 Å². The molecule has 0 saturated heterocycles. The zero-order valence-electron chi connectivity index (χ0n) is 17.4. The Morgan fingerprint density at radius 3 is 2.25 bits per heavy atom. The molecule has 0 amide bonds. The molecule has 168 valence electrons. The second-order valence-corrected chi connectivity index (χ2v) is 7.69. The molecular formula is C23H23F3N4O2. The number of hydrogen-bond donors (Lipinski definition) is 1. The SMILES string of the molecule is C[C@@](N)(Cc1ccccc1)c1nnc(C(Cc2ccccc2)N=CCC(=O)C(F)(F)F)o1. The summed E-state index contributed by atoms with van der Waals surface area (Å²) in [6, 6.07) is 18.0. The lowest BCUT2D eigenvalue weighted by molar-refractivity contribution is -0.169. The fourth-order valence-corrected chi connectivity index (χ4v) is 3.12. The van der Waals surface area contributed by atoms with Crippen molar-refractivity contribution in [1.29, 1.82) is 0 Å². The van der Waals surface area contributed by atoms with Gasteiger partial charge in [-0.25, -0.2) is 0 Å². The highest BCUT2D eigenvalue weighted by Gasteiger charge is 2.37. The monoisotopic (exact) mass is 444 g/mol. The number of aliphatic imine (C=N–C) groups is 1. The standard InChI is InChI=1S/C23H23F3N4O2/c1-22(27,15-17-10-6-3-7-11-17)21-30-29-20(32-21)18(14-16-8-4-2-5-9-16)28-13-12-19(31)23(24,25)26/h2-11,13,18H,12,14-15,27H2,1H3/t18?,22-/m1/s1. The van der Waals surface area contributed by atoms with Gasteiger partial charge >= 0.3 is 6.18 Å². The Hall–Kier alpha value is -3.33. The van der Waals surface area contributed by atoms with Crippen molar-refractivity contribution in [2.45, 2.75) is 43.9 Å². The minimum Gasteiger partial charge on any atom is -0.421 e. The number of carbonyl (C=O) groups excluding carboxylic acids is 1. The number of carbonyl (C=O) groups is 1. The predicted molar refractivity (Wildman–Crippen MR) is 113 cm³/mol. The number of hydrogen-bond acceptors (Lipinski definition) is 6. The molecule has 0 aliphatic rings. The van der Waals surface area contributed by atoms with Crippen LogP contribution in [0.25, 0.3) is 0 Å². The summed E-state index contributed by atoms with van der Waals surface area (Å²) in [5.74, 6) is -1.57. The van der Waals surface area contributed by atoms with E-state index in [9.17, 15) is 18.0 Å². The Bertz CT molecular complexity index is 1050. The lowest BCUT2D eigenvalue weighted by atomic mass is 9.94. The summed E-state index contributed by atoms with van der Waals surface area (Å²) in [4.78, 5) is 15.3. The molecule has 6 nitrogen and oxygen atoms in total. The van der Waals surface area contributed by atoms with Crippen LogP contribution in [-0.2, 0) is 23.2 Å². The number of nitrogens with zero attached hydrogens (tertiary/aromatic N) is 3. The maximum Gasteiger partial charge on any atom is 0.450 e. The fraction of sp³-hybridized carbons (Fsp3) is 0.304. The topological polar surface area (TPSA) is 94.4 Å². The highest BCUT2D eigenvalue weighted by Crippen LogP contribution is 2.27. The van der Waals surface area contributed by atoms with Crippen molar-refractivity contribution < 1.29 is 22.4 Å². The van der Waals surface area contributed by atoms with Gasteiger partial charge in [0.15, 0.2) is 0 Å². The van der Waals surface area contributed by atoms with Crippen molar-refractivity contribution in [3.63, 3.8) is 0 Å². The normalized spacial score (nSPS) is 14.9. The molecule has 1 heterocycles. The number of ketones is 1. The first-order valence-electron chi connectivity index (χ1n) is 9.97. The van der Waals surface area contributed by atoms with Crippen molar-refractivity contribution >= 4 is 12.0 Å². The van der Waals surface area contributed by atoms with E-state index in [-0.39, 0.29) is 11.8 Å². The number of aromatic nitrogens is 2. The zero-order chi connectivity index (χ0) is 23.2. The third-order valence-corrected chi connectivity index (χ3v) is 4.78. The zero-order valence-corrected chi connectivity index (χ0v) is 17.4. The molecule has 0 bridgehead atoms. The van der Waals surface area contributed by atoms with Crippen LogP contribution in [0.1, 0.15) is 42.3 Å². The van der Waals surface area contributed by atoms with Crippen molar-refractivity contribution in [1.82, 2.24) is 10.2 Å². The van der Waals surface area contributed by atoms with E-state index in [4.69, 9.17) is 10.2 Å². The largest absolute Gasteiger partial charge is 0.450 e. The smallest absolute Gasteiger partial charge is 0.421 e. The molecule has 2 aromatic carbocycles. The molecule has 1 unspecified atom stereocenters. The first-order valence-corrected chi connectivity index (χ1v) is 9.97. The lowest BCUT2D eigenvalue weighted by Crippen LogP contribution is -2.35. The van der Waals surface area contributed by atoms with Crippen LogP contribution in [-0.4, -0.2) is 28.4 Å². The van der Waals surface area contributed by atoms with Gasteiger partial charge in [0, 0.05) is 12.6 Å². The van der Waals surface area contributed by atoms with E-state index in [2.05, 4.69) is 15.2 Å². The predicted octanol–water partition coefficient (Wildman–Crippen LogP) is 4.36. The van der Waals surface area contributed by atoms with Gasteiger partial charge in [0.2, 0.25) is 17.6 Å². The summed E-state index contributed by atoms with van der Waals surface area (Å²) >= 11 is 0. The van der Waals surface area contributed by atoms with Crippen LogP contribution in [0.2, 0.25) is 0 Å². The lowest BCUT2D eigenvalue weighted by Gasteiger charge is -2.20. The number of Topliss-reactive ketones (excluding diaryl/α,β-unsaturated/α-hetero) is 1. The average molecular weight is 444 g/mol. The van der Waals surface area contributed by atoms with E-state index in [1.807, 2.05) is 60.7 Å². The highest BCUT2D eigenvalue weighted by atomic mass is 19.4. The molecule has 0 saturated carbocycles. The first-order chi connectivity index (χ1) is 15.1. The molecule has 2 atom stereocenters. The van der Waals surface area contributed by atoms with Crippen molar-refractivity contribution in [2.24, 2.45) is 10.7 Å². The molecule has 0 aliphatic carbocycles. The van der Waals surface area contributed by atoms with E-state index in [1.165, 1.54) is 0 Å². The van der Waals surface area contributed by atoms with Gasteiger partial charge in [0.1, 0.15) is 6.04 Å². The maximum absolute atomic E-state index is 12.5. The van der Waals surface area contributed by atoms with Crippen molar-refractivity contribution in [3.8, 4) is 0 Å². The van der Waals surface area contributed by atoms with E-state index < -0.39 is 30.0 Å². The van der Waals surface area contributed by atoms with Gasteiger partial charge in [0.05, 0.1) is 12.0 Å². The summed E-state index contributed by atoms with van der Waals surface area (Å²) in [5, 5.41) is 8.12. The summed E-state index contributed by atoms with van der Waals surface area (Å²) in [6.45, 7) is 1.76. The van der Waals surface area contributed by atoms with Crippen LogP contribution in [0, 0.1) is 0 Å². The molecule has 3 rings (SSSR count). The number of nitrogens with two attached hydrogens (primary N) is 1. The van der Waals surface area contributed by atoms with Gasteiger partial charge in [-0.1, -0.05) is 60.7 Å². The summed E-state index contributed by atoms with van der Waals surface area (Å²) in [5.41, 5.74) is 7.32. The molecule has 0 fully saturated rings. The summed E-state index contributed by atoms with van der Waals surface area (Å²) in [6.07, 6.45) is -4.07. The first kappa shape index (κ1) is 23.3. The van der Waals surface area contributed by atoms with Crippen LogP contribution in [0.4, 0.5) is 13.2 Å². The average Bonchev–Trinajstić information content (AvgIpc) is 3.25. The maximum atomic E-state index is 12.5. The Labute approximate surface area is 183 Å². The molecule has 3 aromatic rings. The summed E-state index contributed by atoms with van der Waals surface area (Å²) in [7, 11) is 0. The number of benzene rings is 2. The Balaban J connectivity index is 1.81. The minimum atomic E-state index is -4.91. The van der Waals surface area contributed by atoms with Gasteiger partial charge in [-0.3, -0.25) is 9.79 Å². The van der Waals surface area contributed by atoms with Crippen molar-refractivity contribution in [2.75, 3.05) is 0 Å². The number of alkyl halides is 3. The van der Waals surface area contributed by atoms with Crippen LogP contribution < -0.4 is 5.73 Å². The second-order valence-electron chi connectivity index (χ2n) is 7.69. The highest BCUT2D eigenvalue weighted by molar-refractivity contribution is 5.95. The molecule has 32 heavy (non-hydrogen) atoms.